The quantitative estimate of drug-likeness (QED) is 0.0320. The van der Waals surface area contributed by atoms with Gasteiger partial charge in [-0.15, -0.1) is 0 Å². The van der Waals surface area contributed by atoms with Gasteiger partial charge in [0, 0.05) is 12.8 Å². The molecule has 1 amide bonds. The first-order chi connectivity index (χ1) is 41.5. The lowest BCUT2D eigenvalue weighted by Gasteiger charge is -2.20. The van der Waals surface area contributed by atoms with Crippen LogP contribution in [0.5, 0.6) is 0 Å². The molecule has 0 aliphatic rings. The molecule has 0 rings (SSSR count). The first-order valence-corrected chi connectivity index (χ1v) is 38.6. The Kier molecular flexibility index (Phi) is 72.3. The van der Waals surface area contributed by atoms with E-state index in [1.807, 2.05) is 6.08 Å². The number of hydrogen-bond acceptors (Lipinski definition) is 5. The molecule has 0 spiro atoms. The fourth-order valence-electron chi connectivity index (χ4n) is 12.3. The summed E-state index contributed by atoms with van der Waals surface area (Å²) in [6.45, 7) is 4.95. The standard InChI is InChI=1S/C78H151NO5/c1-3-5-7-9-11-13-15-17-19-21-22-23-29-32-35-39-42-46-50-54-58-62-66-70-76(81)75(74-80)79-77(82)71-67-63-59-55-51-47-43-40-36-33-30-27-25-24-26-28-31-34-37-41-45-49-53-57-61-65-69-73-84-78(83)72-68-64-60-56-52-48-44-38-20-18-16-14-12-10-8-6-4-2/h18,20,66,70,75-76,80-81H,3-17,19,21-65,67-69,71-74H2,1-2H3,(H,79,82)/b20-18-,70-66+. The summed E-state index contributed by atoms with van der Waals surface area (Å²) in [5.41, 5.74) is 0. The van der Waals surface area contributed by atoms with Crippen LogP contribution in [-0.2, 0) is 14.3 Å². The minimum Gasteiger partial charge on any atom is -0.466 e. The van der Waals surface area contributed by atoms with Crippen molar-refractivity contribution < 1.29 is 24.5 Å². The Morgan fingerprint density at radius 2 is 0.560 bits per heavy atom. The van der Waals surface area contributed by atoms with E-state index in [2.05, 4.69) is 31.3 Å². The van der Waals surface area contributed by atoms with Crippen LogP contribution in [0.4, 0.5) is 0 Å². The van der Waals surface area contributed by atoms with Crippen molar-refractivity contribution >= 4 is 11.9 Å². The minimum absolute atomic E-state index is 0.0154. The number of unbranched alkanes of at least 4 members (excludes halogenated alkanes) is 60. The maximum atomic E-state index is 12.5. The molecule has 2 unspecified atom stereocenters. The van der Waals surface area contributed by atoms with Gasteiger partial charge in [0.1, 0.15) is 0 Å². The van der Waals surface area contributed by atoms with E-state index in [9.17, 15) is 19.8 Å². The number of ether oxygens (including phenoxy) is 1. The van der Waals surface area contributed by atoms with E-state index in [0.29, 0.717) is 19.4 Å². The summed E-state index contributed by atoms with van der Waals surface area (Å²) in [7, 11) is 0. The van der Waals surface area contributed by atoms with Gasteiger partial charge in [0.2, 0.25) is 5.91 Å². The summed E-state index contributed by atoms with van der Waals surface area (Å²) in [5.74, 6) is -0.0448. The molecular weight excluding hydrogens is 1030 g/mol. The molecule has 0 aliphatic heterocycles. The van der Waals surface area contributed by atoms with Crippen LogP contribution in [0.2, 0.25) is 0 Å². The molecule has 0 heterocycles. The van der Waals surface area contributed by atoms with Crippen LogP contribution in [-0.4, -0.2) is 47.4 Å². The van der Waals surface area contributed by atoms with E-state index < -0.39 is 12.1 Å². The van der Waals surface area contributed by atoms with Gasteiger partial charge in [0.15, 0.2) is 0 Å². The third-order valence-electron chi connectivity index (χ3n) is 18.2. The van der Waals surface area contributed by atoms with Gasteiger partial charge in [-0.25, -0.2) is 0 Å². The van der Waals surface area contributed by atoms with Gasteiger partial charge in [-0.3, -0.25) is 9.59 Å². The smallest absolute Gasteiger partial charge is 0.305 e. The molecule has 84 heavy (non-hydrogen) atoms. The molecular formula is C78H151NO5. The van der Waals surface area contributed by atoms with Crippen LogP contribution < -0.4 is 5.32 Å². The third-order valence-corrected chi connectivity index (χ3v) is 18.2. The van der Waals surface area contributed by atoms with E-state index in [-0.39, 0.29) is 18.5 Å². The molecule has 0 bridgehead atoms. The highest BCUT2D eigenvalue weighted by atomic mass is 16.5. The van der Waals surface area contributed by atoms with Gasteiger partial charge in [-0.2, -0.15) is 0 Å². The summed E-state index contributed by atoms with van der Waals surface area (Å²) < 4.78 is 5.51. The van der Waals surface area contributed by atoms with Crippen molar-refractivity contribution in [3.05, 3.63) is 24.3 Å². The highest BCUT2D eigenvalue weighted by Gasteiger charge is 2.18. The van der Waals surface area contributed by atoms with Crippen LogP contribution in [0.1, 0.15) is 438 Å². The van der Waals surface area contributed by atoms with E-state index in [0.717, 1.165) is 44.9 Å². The maximum absolute atomic E-state index is 12.5. The fraction of sp³-hybridized carbons (Fsp3) is 0.923. The molecule has 0 radical (unpaired) electrons. The first kappa shape index (κ1) is 82.3. The number of aliphatic hydroxyl groups is 2. The normalized spacial score (nSPS) is 12.6. The SMILES string of the molecule is CCCCCCCC/C=C\CCCCCCCCCC(=O)OCCCCCCCCCCCCCCCCCCCCCCCCCCCCCC(=O)NC(CO)C(O)/C=C/CCCCCCCCCCCCCCCCCCCCCCC. The topological polar surface area (TPSA) is 95.9 Å². The Morgan fingerprint density at radius 3 is 0.845 bits per heavy atom. The number of rotatable bonds is 73. The zero-order valence-electron chi connectivity index (χ0n) is 57.2. The van der Waals surface area contributed by atoms with Crippen LogP contribution in [0.3, 0.4) is 0 Å². The molecule has 6 nitrogen and oxygen atoms in total. The van der Waals surface area contributed by atoms with Crippen molar-refractivity contribution in [3.8, 4) is 0 Å². The van der Waals surface area contributed by atoms with Crippen molar-refractivity contribution in [3.63, 3.8) is 0 Å². The lowest BCUT2D eigenvalue weighted by molar-refractivity contribution is -0.143. The number of amides is 1. The van der Waals surface area contributed by atoms with Crippen LogP contribution >= 0.6 is 0 Å². The number of esters is 1. The molecule has 2 atom stereocenters. The molecule has 0 aromatic heterocycles. The second-order valence-electron chi connectivity index (χ2n) is 26.7. The Morgan fingerprint density at radius 1 is 0.321 bits per heavy atom. The number of carbonyl (C=O) groups is 2. The predicted molar refractivity (Wildman–Crippen MR) is 370 cm³/mol. The van der Waals surface area contributed by atoms with Gasteiger partial charge in [-0.1, -0.05) is 391 Å². The van der Waals surface area contributed by atoms with Gasteiger partial charge in [0.25, 0.3) is 0 Å². The summed E-state index contributed by atoms with van der Waals surface area (Å²) in [6, 6.07) is -0.627. The van der Waals surface area contributed by atoms with Crippen LogP contribution in [0, 0.1) is 0 Å². The molecule has 498 valence electrons. The lowest BCUT2D eigenvalue weighted by atomic mass is 10.0. The zero-order chi connectivity index (χ0) is 60.6. The van der Waals surface area contributed by atoms with Crippen molar-refractivity contribution in [1.29, 1.82) is 0 Å². The fourth-order valence-corrected chi connectivity index (χ4v) is 12.3. The average Bonchev–Trinajstić information content (AvgIpc) is 3.52. The van der Waals surface area contributed by atoms with Crippen molar-refractivity contribution in [1.82, 2.24) is 5.32 Å². The molecule has 3 N–H and O–H groups in total. The number of allylic oxidation sites excluding steroid dienone is 3. The minimum atomic E-state index is -0.844. The highest BCUT2D eigenvalue weighted by Crippen LogP contribution is 2.20. The summed E-state index contributed by atoms with van der Waals surface area (Å²) in [5, 5.41) is 23.3. The van der Waals surface area contributed by atoms with Crippen LogP contribution in [0.15, 0.2) is 24.3 Å². The van der Waals surface area contributed by atoms with E-state index in [1.54, 1.807) is 6.08 Å². The number of hydrogen-bond donors (Lipinski definition) is 3. The third kappa shape index (κ3) is 69.4. The molecule has 6 heteroatoms. The Bertz CT molecular complexity index is 1320. The Labute approximate surface area is 526 Å². The summed E-state index contributed by atoms with van der Waals surface area (Å²) >= 11 is 0. The molecule has 0 aromatic rings. The van der Waals surface area contributed by atoms with Gasteiger partial charge in [0.05, 0.1) is 25.4 Å². The van der Waals surface area contributed by atoms with Crippen LogP contribution in [0.25, 0.3) is 0 Å². The Balaban J connectivity index is 3.37. The van der Waals surface area contributed by atoms with Crippen molar-refractivity contribution in [2.45, 2.75) is 450 Å². The van der Waals surface area contributed by atoms with Crippen molar-refractivity contribution in [2.24, 2.45) is 0 Å². The largest absolute Gasteiger partial charge is 0.466 e. The highest BCUT2D eigenvalue weighted by molar-refractivity contribution is 5.76. The lowest BCUT2D eigenvalue weighted by Crippen LogP contribution is -2.45. The summed E-state index contributed by atoms with van der Waals surface area (Å²) in [6.07, 6.45) is 94.3. The van der Waals surface area contributed by atoms with Crippen molar-refractivity contribution in [2.75, 3.05) is 13.2 Å². The van der Waals surface area contributed by atoms with Gasteiger partial charge in [-0.05, 0) is 57.8 Å². The van der Waals surface area contributed by atoms with E-state index in [4.69, 9.17) is 4.74 Å². The molecule has 0 saturated carbocycles. The van der Waals surface area contributed by atoms with E-state index >= 15 is 0 Å². The summed E-state index contributed by atoms with van der Waals surface area (Å²) in [4.78, 5) is 24.7. The second kappa shape index (κ2) is 73.8. The zero-order valence-corrected chi connectivity index (χ0v) is 57.2. The van der Waals surface area contributed by atoms with Gasteiger partial charge < -0.3 is 20.3 Å². The molecule has 0 aromatic carbocycles. The number of aliphatic hydroxyl groups excluding tert-OH is 2. The maximum Gasteiger partial charge on any atom is 0.305 e. The molecule has 0 aliphatic carbocycles. The number of carbonyl (C=O) groups excluding carboxylic acids is 2. The Hall–Kier alpha value is -1.66. The molecule has 0 fully saturated rings. The second-order valence-corrected chi connectivity index (χ2v) is 26.7. The average molecular weight is 1180 g/mol. The predicted octanol–water partition coefficient (Wildman–Crippen LogP) is 25.3. The van der Waals surface area contributed by atoms with Gasteiger partial charge >= 0.3 is 5.97 Å². The molecule has 0 saturated heterocycles. The number of nitrogens with one attached hydrogen (secondary N) is 1. The first-order valence-electron chi connectivity index (χ1n) is 38.6. The van der Waals surface area contributed by atoms with E-state index in [1.165, 1.54) is 366 Å². The monoisotopic (exact) mass is 1180 g/mol.